The van der Waals surface area contributed by atoms with Gasteiger partial charge in [-0.15, -0.1) is 4.68 Å². The van der Waals surface area contributed by atoms with E-state index in [1.807, 2.05) is 24.3 Å². The molecule has 7 heteroatoms. The topological polar surface area (TPSA) is 47.4 Å². The highest BCUT2D eigenvalue weighted by Gasteiger charge is 2.20. The van der Waals surface area contributed by atoms with Crippen LogP contribution in [0.2, 0.25) is 0 Å². The van der Waals surface area contributed by atoms with Crippen LogP contribution in [-0.4, -0.2) is 31.5 Å². The Kier molecular flexibility index (Phi) is 5.25. The first-order chi connectivity index (χ1) is 13.6. The fraction of sp³-hybridized carbons (Fsp3) is 0.286. The molecule has 3 aromatic rings. The zero-order valence-electron chi connectivity index (χ0n) is 15.5. The van der Waals surface area contributed by atoms with Crippen molar-refractivity contribution in [3.63, 3.8) is 0 Å². The van der Waals surface area contributed by atoms with Gasteiger partial charge in [-0.2, -0.15) is 5.10 Å². The Hall–Kier alpha value is -2.93. The Morgan fingerprint density at radius 3 is 2.86 bits per heavy atom. The van der Waals surface area contributed by atoms with E-state index in [-0.39, 0.29) is 18.2 Å². The van der Waals surface area contributed by atoms with Crippen LogP contribution in [0.25, 0.3) is 11.3 Å². The second kappa shape index (κ2) is 7.98. The van der Waals surface area contributed by atoms with E-state index < -0.39 is 11.6 Å². The molecular weight excluding hydrogens is 366 g/mol. The molecule has 0 saturated carbocycles. The number of nitrogens with zero attached hydrogens (tertiary/aromatic N) is 1. The number of methoxy groups -OCH3 is 1. The Labute approximate surface area is 161 Å². The Morgan fingerprint density at radius 2 is 2.07 bits per heavy atom. The lowest BCUT2D eigenvalue weighted by atomic mass is 10.1. The van der Waals surface area contributed by atoms with Crippen molar-refractivity contribution >= 4 is 0 Å². The summed E-state index contributed by atoms with van der Waals surface area (Å²) in [7, 11) is 1.60. The highest BCUT2D eigenvalue weighted by Crippen LogP contribution is 2.33. The molecule has 146 valence electrons. The molecule has 0 bridgehead atoms. The maximum absolute atomic E-state index is 13.9. The number of halogens is 2. The number of aromatic amines is 1. The number of rotatable bonds is 6. The van der Waals surface area contributed by atoms with Crippen molar-refractivity contribution in [3.8, 4) is 22.8 Å². The van der Waals surface area contributed by atoms with Gasteiger partial charge in [0.1, 0.15) is 11.8 Å². The molecule has 1 fully saturated rings. The van der Waals surface area contributed by atoms with Crippen molar-refractivity contribution < 1.29 is 27.7 Å². The largest absolute Gasteiger partial charge is 0.493 e. The molecule has 2 aromatic carbocycles. The van der Waals surface area contributed by atoms with Crippen LogP contribution >= 0.6 is 0 Å². The average molecular weight is 387 g/mol. The van der Waals surface area contributed by atoms with Crippen LogP contribution in [0.1, 0.15) is 12.0 Å². The zero-order valence-corrected chi connectivity index (χ0v) is 15.5. The van der Waals surface area contributed by atoms with Crippen LogP contribution in [0.4, 0.5) is 8.78 Å². The summed E-state index contributed by atoms with van der Waals surface area (Å²) in [5.41, 5.74) is 2.00. The Balaban J connectivity index is 1.56. The van der Waals surface area contributed by atoms with Crippen molar-refractivity contribution in [1.82, 2.24) is 5.10 Å². The second-order valence-corrected chi connectivity index (χ2v) is 6.65. The first-order valence-corrected chi connectivity index (χ1v) is 9.08. The van der Waals surface area contributed by atoms with E-state index in [0.717, 1.165) is 23.7 Å². The molecule has 0 unspecified atom stereocenters. The van der Waals surface area contributed by atoms with Crippen molar-refractivity contribution in [2.45, 2.75) is 19.1 Å². The van der Waals surface area contributed by atoms with Gasteiger partial charge in [0.05, 0.1) is 25.9 Å². The third-order valence-electron chi connectivity index (χ3n) is 4.71. The smallest absolute Gasteiger partial charge is 0.200 e. The van der Waals surface area contributed by atoms with Gasteiger partial charge in [0.25, 0.3) is 0 Å². The molecule has 4 rings (SSSR count). The fourth-order valence-corrected chi connectivity index (χ4v) is 3.22. The SMILES string of the molecule is COc1ccc(-c2cc[n+](Cc3cccc(F)c3F)[nH]2)cc1O[C@@H]1CCOC1. The van der Waals surface area contributed by atoms with E-state index in [0.29, 0.717) is 24.7 Å². The molecule has 5 nitrogen and oxygen atoms in total. The van der Waals surface area contributed by atoms with E-state index >= 15 is 0 Å². The van der Waals surface area contributed by atoms with Crippen LogP contribution in [-0.2, 0) is 11.3 Å². The average Bonchev–Trinajstić information content (AvgIpc) is 3.38. The van der Waals surface area contributed by atoms with Crippen LogP contribution in [0, 0.1) is 11.6 Å². The number of H-pyrrole nitrogens is 1. The standard InChI is InChI=1S/C21H20F2N2O3/c1-26-19-6-5-14(11-20(19)28-16-8-10-27-13-16)18-7-9-25(24-18)12-15-3-2-4-17(22)21(15)23/h2-7,9,11,16H,8,10,12-13H2,1H3/p+1/t16-/m1/s1. The van der Waals surface area contributed by atoms with Crippen LogP contribution < -0.4 is 14.2 Å². The van der Waals surface area contributed by atoms with Gasteiger partial charge in [0.15, 0.2) is 35.9 Å². The van der Waals surface area contributed by atoms with Crippen molar-refractivity contribution in [2.75, 3.05) is 20.3 Å². The predicted molar refractivity (Wildman–Crippen MR) is 98.3 cm³/mol. The zero-order chi connectivity index (χ0) is 19.5. The van der Waals surface area contributed by atoms with Crippen molar-refractivity contribution in [2.24, 2.45) is 0 Å². The maximum atomic E-state index is 13.9. The summed E-state index contributed by atoms with van der Waals surface area (Å²) in [5, 5.41) is 3.19. The van der Waals surface area contributed by atoms with Gasteiger partial charge in [-0.3, -0.25) is 0 Å². The van der Waals surface area contributed by atoms with Crippen LogP contribution in [0.3, 0.4) is 0 Å². The minimum atomic E-state index is -0.849. The van der Waals surface area contributed by atoms with E-state index in [1.54, 1.807) is 24.1 Å². The number of hydrogen-bond acceptors (Lipinski definition) is 3. The molecule has 1 aliphatic heterocycles. The molecule has 1 saturated heterocycles. The third kappa shape index (κ3) is 3.84. The Morgan fingerprint density at radius 1 is 1.18 bits per heavy atom. The lowest BCUT2D eigenvalue weighted by Crippen LogP contribution is -2.35. The van der Waals surface area contributed by atoms with Gasteiger partial charge >= 0.3 is 0 Å². The number of benzene rings is 2. The lowest BCUT2D eigenvalue weighted by Gasteiger charge is -2.15. The molecule has 1 aliphatic rings. The predicted octanol–water partition coefficient (Wildman–Crippen LogP) is 3.47. The van der Waals surface area contributed by atoms with E-state index in [2.05, 4.69) is 5.10 Å². The number of ether oxygens (including phenoxy) is 3. The highest BCUT2D eigenvalue weighted by atomic mass is 19.2. The first-order valence-electron chi connectivity index (χ1n) is 9.08. The van der Waals surface area contributed by atoms with Gasteiger partial charge in [0, 0.05) is 18.1 Å². The molecule has 1 atom stereocenters. The highest BCUT2D eigenvalue weighted by molar-refractivity contribution is 5.63. The van der Waals surface area contributed by atoms with Crippen LogP contribution in [0.5, 0.6) is 11.5 Å². The summed E-state index contributed by atoms with van der Waals surface area (Å²) in [6.45, 7) is 1.46. The first kappa shape index (κ1) is 18.4. The minimum absolute atomic E-state index is 0.00804. The van der Waals surface area contributed by atoms with E-state index in [1.165, 1.54) is 6.07 Å². The fourth-order valence-electron chi connectivity index (χ4n) is 3.22. The molecule has 0 amide bonds. The summed E-state index contributed by atoms with van der Waals surface area (Å²) in [6.07, 6.45) is 2.64. The molecule has 1 N–H and O–H groups in total. The summed E-state index contributed by atoms with van der Waals surface area (Å²) in [4.78, 5) is 0. The van der Waals surface area contributed by atoms with Gasteiger partial charge in [0.2, 0.25) is 0 Å². The van der Waals surface area contributed by atoms with Crippen molar-refractivity contribution in [3.05, 3.63) is 65.9 Å². The molecule has 0 aliphatic carbocycles. The lowest BCUT2D eigenvalue weighted by molar-refractivity contribution is -0.741. The third-order valence-corrected chi connectivity index (χ3v) is 4.71. The second-order valence-electron chi connectivity index (χ2n) is 6.65. The summed E-state index contributed by atoms with van der Waals surface area (Å²) in [5.74, 6) is -0.382. The minimum Gasteiger partial charge on any atom is -0.493 e. The van der Waals surface area contributed by atoms with Gasteiger partial charge in [-0.25, -0.2) is 8.78 Å². The Bertz CT molecular complexity index is 968. The van der Waals surface area contributed by atoms with Gasteiger partial charge in [-0.1, -0.05) is 6.07 Å². The van der Waals surface area contributed by atoms with Crippen LogP contribution in [0.15, 0.2) is 48.7 Å². The van der Waals surface area contributed by atoms with E-state index in [4.69, 9.17) is 14.2 Å². The molecular formula is C21H21F2N2O3+. The normalized spacial score (nSPS) is 16.3. The van der Waals surface area contributed by atoms with E-state index in [9.17, 15) is 8.78 Å². The summed E-state index contributed by atoms with van der Waals surface area (Å²) in [6, 6.07) is 11.7. The number of aromatic nitrogens is 2. The quantitative estimate of drug-likeness (QED) is 0.659. The number of hydrogen-bond donors (Lipinski definition) is 1. The summed E-state index contributed by atoms with van der Waals surface area (Å²) >= 11 is 0. The molecule has 0 spiro atoms. The van der Waals surface area contributed by atoms with Gasteiger partial charge in [-0.05, 0) is 30.3 Å². The molecule has 1 aromatic heterocycles. The molecule has 2 heterocycles. The molecule has 28 heavy (non-hydrogen) atoms. The maximum Gasteiger partial charge on any atom is 0.200 e. The monoisotopic (exact) mass is 387 g/mol. The summed E-state index contributed by atoms with van der Waals surface area (Å²) < 4.78 is 45.8. The van der Waals surface area contributed by atoms with Crippen molar-refractivity contribution in [1.29, 1.82) is 0 Å². The molecule has 0 radical (unpaired) electrons. The van der Waals surface area contributed by atoms with Gasteiger partial charge < -0.3 is 14.2 Å². The number of nitrogens with one attached hydrogen (secondary N) is 1.